The molecule has 19 heavy (non-hydrogen) atoms. The Morgan fingerprint density at radius 3 is 2.74 bits per heavy atom. The molecule has 2 rings (SSSR count). The maximum absolute atomic E-state index is 5.99. The molecule has 0 aliphatic heterocycles. The van der Waals surface area contributed by atoms with Gasteiger partial charge in [-0.2, -0.15) is 0 Å². The molecule has 0 fully saturated rings. The molecule has 0 saturated carbocycles. The van der Waals surface area contributed by atoms with Crippen LogP contribution in [0, 0.1) is 6.92 Å². The molecule has 0 aromatic carbocycles. The minimum absolute atomic E-state index is 0.264. The number of aryl methyl sites for hydroxylation is 1. The number of anilines is 1. The predicted octanol–water partition coefficient (Wildman–Crippen LogP) is 3.67. The molecule has 102 valence electrons. The Kier molecular flexibility index (Phi) is 4.71. The number of nitrogens with one attached hydrogen (secondary N) is 1. The van der Waals surface area contributed by atoms with Crippen molar-refractivity contribution in [3.63, 3.8) is 0 Å². The highest BCUT2D eigenvalue weighted by atomic mass is 35.5. The van der Waals surface area contributed by atoms with Crippen molar-refractivity contribution in [3.05, 3.63) is 33.1 Å². The van der Waals surface area contributed by atoms with E-state index < -0.39 is 0 Å². The van der Waals surface area contributed by atoms with E-state index >= 15 is 0 Å². The van der Waals surface area contributed by atoms with Gasteiger partial charge in [0, 0.05) is 30.3 Å². The van der Waals surface area contributed by atoms with Crippen molar-refractivity contribution in [1.82, 2.24) is 15.0 Å². The highest BCUT2D eigenvalue weighted by Gasteiger charge is 2.07. The minimum Gasteiger partial charge on any atom is -0.370 e. The van der Waals surface area contributed by atoms with Gasteiger partial charge in [0.05, 0.1) is 10.7 Å². The lowest BCUT2D eigenvalue weighted by Gasteiger charge is -2.09. The first kappa shape index (κ1) is 14.2. The molecular formula is C13H17ClN4S. The van der Waals surface area contributed by atoms with E-state index in [0.717, 1.165) is 35.3 Å². The first-order chi connectivity index (χ1) is 9.04. The molecule has 6 heteroatoms. The van der Waals surface area contributed by atoms with Gasteiger partial charge in [-0.05, 0) is 6.92 Å². The maximum atomic E-state index is 5.99. The van der Waals surface area contributed by atoms with Crippen molar-refractivity contribution in [2.45, 2.75) is 33.1 Å². The summed E-state index contributed by atoms with van der Waals surface area (Å²) in [6.45, 7) is 6.90. The second-order valence-electron chi connectivity index (χ2n) is 4.62. The van der Waals surface area contributed by atoms with Crippen LogP contribution in [-0.2, 0) is 6.42 Å². The summed E-state index contributed by atoms with van der Waals surface area (Å²) in [7, 11) is 0. The van der Waals surface area contributed by atoms with Crippen molar-refractivity contribution < 1.29 is 0 Å². The Balaban J connectivity index is 1.95. The smallest absolute Gasteiger partial charge is 0.135 e. The van der Waals surface area contributed by atoms with E-state index in [-0.39, 0.29) is 5.92 Å². The van der Waals surface area contributed by atoms with Gasteiger partial charge in [-0.3, -0.25) is 0 Å². The fourth-order valence-electron chi connectivity index (χ4n) is 1.63. The van der Waals surface area contributed by atoms with Crippen molar-refractivity contribution in [2.75, 3.05) is 11.9 Å². The number of rotatable bonds is 5. The van der Waals surface area contributed by atoms with E-state index in [1.807, 2.05) is 20.8 Å². The highest BCUT2D eigenvalue weighted by molar-refractivity contribution is 7.09. The van der Waals surface area contributed by atoms with Gasteiger partial charge < -0.3 is 5.32 Å². The average Bonchev–Trinajstić information content (AvgIpc) is 2.74. The van der Waals surface area contributed by atoms with Crippen LogP contribution in [0.3, 0.4) is 0 Å². The fourth-order valence-corrected chi connectivity index (χ4v) is 2.46. The van der Waals surface area contributed by atoms with Gasteiger partial charge in [0.15, 0.2) is 0 Å². The monoisotopic (exact) mass is 296 g/mol. The normalized spacial score (nSPS) is 11.0. The van der Waals surface area contributed by atoms with Gasteiger partial charge in [-0.15, -0.1) is 11.3 Å². The Bertz CT molecular complexity index is 553. The number of hydrogen-bond donors (Lipinski definition) is 1. The number of hydrogen-bond acceptors (Lipinski definition) is 5. The quantitative estimate of drug-likeness (QED) is 0.855. The topological polar surface area (TPSA) is 50.7 Å². The SMILES string of the molecule is Cc1nc(CCNc2cc(Cl)nc(C(C)C)n2)cs1. The number of halogens is 1. The Morgan fingerprint density at radius 1 is 1.32 bits per heavy atom. The highest BCUT2D eigenvalue weighted by Crippen LogP contribution is 2.17. The molecule has 0 amide bonds. The van der Waals surface area contributed by atoms with Gasteiger partial charge in [0.25, 0.3) is 0 Å². The summed E-state index contributed by atoms with van der Waals surface area (Å²) in [6, 6.07) is 1.75. The van der Waals surface area contributed by atoms with E-state index in [1.165, 1.54) is 0 Å². The Hall–Kier alpha value is -1.20. The lowest BCUT2D eigenvalue weighted by Crippen LogP contribution is -2.09. The molecule has 0 bridgehead atoms. The van der Waals surface area contributed by atoms with Crippen LogP contribution in [0.25, 0.3) is 0 Å². The Morgan fingerprint density at radius 2 is 2.11 bits per heavy atom. The number of nitrogens with zero attached hydrogens (tertiary/aromatic N) is 3. The first-order valence-electron chi connectivity index (χ1n) is 6.24. The molecule has 4 nitrogen and oxygen atoms in total. The van der Waals surface area contributed by atoms with Gasteiger partial charge in [-0.25, -0.2) is 15.0 Å². The van der Waals surface area contributed by atoms with Gasteiger partial charge in [0.1, 0.15) is 16.8 Å². The van der Waals surface area contributed by atoms with Crippen LogP contribution in [0.15, 0.2) is 11.4 Å². The van der Waals surface area contributed by atoms with Crippen LogP contribution in [0.2, 0.25) is 5.15 Å². The third-order valence-electron chi connectivity index (χ3n) is 2.58. The summed E-state index contributed by atoms with van der Waals surface area (Å²) < 4.78 is 0. The second-order valence-corrected chi connectivity index (χ2v) is 6.07. The fraction of sp³-hybridized carbons (Fsp3) is 0.462. The molecule has 2 heterocycles. The molecule has 2 aromatic heterocycles. The van der Waals surface area contributed by atoms with Crippen molar-refractivity contribution >= 4 is 28.8 Å². The molecule has 1 N–H and O–H groups in total. The van der Waals surface area contributed by atoms with E-state index in [4.69, 9.17) is 11.6 Å². The third-order valence-corrected chi connectivity index (χ3v) is 3.60. The van der Waals surface area contributed by atoms with Crippen molar-refractivity contribution in [2.24, 2.45) is 0 Å². The zero-order valence-electron chi connectivity index (χ0n) is 11.3. The summed E-state index contributed by atoms with van der Waals surface area (Å²) in [5.74, 6) is 1.80. The summed E-state index contributed by atoms with van der Waals surface area (Å²) >= 11 is 7.67. The van der Waals surface area contributed by atoms with Crippen LogP contribution in [0.1, 0.15) is 36.3 Å². The second kappa shape index (κ2) is 6.30. The first-order valence-corrected chi connectivity index (χ1v) is 7.49. The zero-order chi connectivity index (χ0) is 13.8. The van der Waals surface area contributed by atoms with Gasteiger partial charge in [0.2, 0.25) is 0 Å². The summed E-state index contributed by atoms with van der Waals surface area (Å²) in [5.41, 5.74) is 1.11. The van der Waals surface area contributed by atoms with E-state index in [9.17, 15) is 0 Å². The minimum atomic E-state index is 0.264. The molecule has 0 saturated heterocycles. The maximum Gasteiger partial charge on any atom is 0.135 e. The zero-order valence-corrected chi connectivity index (χ0v) is 12.8. The Labute approximate surface area is 122 Å². The summed E-state index contributed by atoms with van der Waals surface area (Å²) in [4.78, 5) is 13.1. The lowest BCUT2D eigenvalue weighted by atomic mass is 10.2. The van der Waals surface area contributed by atoms with Gasteiger partial charge in [-0.1, -0.05) is 25.4 Å². The molecule has 0 spiro atoms. The molecule has 0 unspecified atom stereocenters. The third kappa shape index (κ3) is 4.14. The summed E-state index contributed by atoms with van der Waals surface area (Å²) in [6.07, 6.45) is 0.878. The van der Waals surface area contributed by atoms with Crippen LogP contribution in [-0.4, -0.2) is 21.5 Å². The molecule has 0 radical (unpaired) electrons. The van der Waals surface area contributed by atoms with Crippen LogP contribution in [0.4, 0.5) is 5.82 Å². The van der Waals surface area contributed by atoms with E-state index in [1.54, 1.807) is 17.4 Å². The molecule has 2 aromatic rings. The molecule has 0 aliphatic rings. The van der Waals surface area contributed by atoms with Crippen LogP contribution < -0.4 is 5.32 Å². The van der Waals surface area contributed by atoms with Crippen molar-refractivity contribution in [1.29, 1.82) is 0 Å². The van der Waals surface area contributed by atoms with E-state index in [2.05, 4.69) is 25.6 Å². The molecular weight excluding hydrogens is 280 g/mol. The molecule has 0 atom stereocenters. The summed E-state index contributed by atoms with van der Waals surface area (Å²) in [5, 5.41) is 6.93. The van der Waals surface area contributed by atoms with Crippen molar-refractivity contribution in [3.8, 4) is 0 Å². The largest absolute Gasteiger partial charge is 0.370 e. The van der Waals surface area contributed by atoms with E-state index in [0.29, 0.717) is 5.15 Å². The standard InChI is InChI=1S/C13H17ClN4S/c1-8(2)13-17-11(14)6-12(18-13)15-5-4-10-7-19-9(3)16-10/h6-8H,4-5H2,1-3H3,(H,15,17,18). The predicted molar refractivity (Wildman–Crippen MR) is 80.2 cm³/mol. The van der Waals surface area contributed by atoms with Crippen LogP contribution in [0.5, 0.6) is 0 Å². The van der Waals surface area contributed by atoms with Crippen LogP contribution >= 0.6 is 22.9 Å². The molecule has 0 aliphatic carbocycles. The average molecular weight is 297 g/mol. The number of thiazole rings is 1. The number of aromatic nitrogens is 3. The van der Waals surface area contributed by atoms with Gasteiger partial charge >= 0.3 is 0 Å². The lowest BCUT2D eigenvalue weighted by molar-refractivity contribution is 0.774.